The first-order valence-corrected chi connectivity index (χ1v) is 8.32. The Balaban J connectivity index is 1.96. The lowest BCUT2D eigenvalue weighted by atomic mass is 10.0. The first-order valence-electron chi connectivity index (χ1n) is 8.32. The van der Waals surface area contributed by atoms with Gasteiger partial charge in [0.05, 0.1) is 5.56 Å². The molecule has 0 aliphatic rings. The monoisotopic (exact) mass is 373 g/mol. The number of hydrogen-bond donors (Lipinski definition) is 1. The lowest BCUT2D eigenvalue weighted by Gasteiger charge is -2.08. The molecule has 0 heterocycles. The van der Waals surface area contributed by atoms with Crippen LogP contribution in [0.15, 0.2) is 36.4 Å². The number of halogens is 2. The second kappa shape index (κ2) is 9.43. The van der Waals surface area contributed by atoms with E-state index in [2.05, 4.69) is 0 Å². The van der Waals surface area contributed by atoms with Gasteiger partial charge in [-0.3, -0.25) is 9.59 Å². The molecule has 0 aromatic heterocycles. The van der Waals surface area contributed by atoms with Gasteiger partial charge in [-0.05, 0) is 42.7 Å². The largest absolute Gasteiger partial charge is 0.481 e. The number of nitriles is 1. The number of rotatable bonds is 8. The topological polar surface area (TPSA) is 87.4 Å². The number of nitrogens with zero attached hydrogens (tertiary/aromatic N) is 1. The van der Waals surface area contributed by atoms with Crippen LogP contribution in [0.4, 0.5) is 8.78 Å². The van der Waals surface area contributed by atoms with Crippen LogP contribution in [-0.2, 0) is 9.59 Å². The van der Waals surface area contributed by atoms with E-state index in [0.29, 0.717) is 19.3 Å². The van der Waals surface area contributed by atoms with Crippen LogP contribution in [0.3, 0.4) is 0 Å². The van der Waals surface area contributed by atoms with Crippen LogP contribution < -0.4 is 4.74 Å². The summed E-state index contributed by atoms with van der Waals surface area (Å²) in [5, 5.41) is 17.3. The van der Waals surface area contributed by atoms with Crippen molar-refractivity contribution in [3.05, 3.63) is 53.6 Å². The third-order valence-corrected chi connectivity index (χ3v) is 3.84. The molecule has 2 aromatic carbocycles. The van der Waals surface area contributed by atoms with E-state index in [0.717, 1.165) is 12.1 Å². The SMILES string of the molecule is N#Cc1ccc(-c2ccc(OC(=O)CCCCCC(=O)O)cc2F)cc1F. The van der Waals surface area contributed by atoms with Gasteiger partial charge in [0.15, 0.2) is 0 Å². The molecule has 0 unspecified atom stereocenters. The van der Waals surface area contributed by atoms with Gasteiger partial charge in [0.1, 0.15) is 23.5 Å². The number of unbranched alkanes of at least 4 members (excludes halogenated alkanes) is 2. The molecule has 0 aliphatic heterocycles. The van der Waals surface area contributed by atoms with Gasteiger partial charge in [-0.1, -0.05) is 12.5 Å². The molecule has 0 fully saturated rings. The Morgan fingerprint density at radius 1 is 1.00 bits per heavy atom. The molecule has 0 spiro atoms. The van der Waals surface area contributed by atoms with E-state index in [1.165, 1.54) is 24.3 Å². The summed E-state index contributed by atoms with van der Waals surface area (Å²) >= 11 is 0. The van der Waals surface area contributed by atoms with Crippen molar-refractivity contribution in [1.29, 1.82) is 5.26 Å². The molecule has 2 rings (SSSR count). The zero-order chi connectivity index (χ0) is 19.8. The number of hydrogen-bond acceptors (Lipinski definition) is 4. The Labute approximate surface area is 154 Å². The number of ether oxygens (including phenoxy) is 1. The molecule has 7 heteroatoms. The van der Waals surface area contributed by atoms with Crippen molar-refractivity contribution >= 4 is 11.9 Å². The minimum absolute atomic E-state index is 0.0286. The van der Waals surface area contributed by atoms with E-state index >= 15 is 0 Å². The van der Waals surface area contributed by atoms with Gasteiger partial charge < -0.3 is 9.84 Å². The molecule has 140 valence electrons. The molecule has 0 radical (unpaired) electrons. The summed E-state index contributed by atoms with van der Waals surface area (Å²) in [5.41, 5.74) is 0.250. The quantitative estimate of drug-likeness (QED) is 0.420. The van der Waals surface area contributed by atoms with E-state index in [4.69, 9.17) is 15.1 Å². The molecule has 0 atom stereocenters. The normalized spacial score (nSPS) is 10.3. The standard InChI is InChI=1S/C20H17F2NO4/c21-17-10-13(6-7-14(17)12-23)16-9-8-15(11-18(16)22)27-20(26)5-3-1-2-4-19(24)25/h6-11H,1-5H2,(H,24,25). The van der Waals surface area contributed by atoms with Crippen molar-refractivity contribution in [2.24, 2.45) is 0 Å². The molecular weight excluding hydrogens is 356 g/mol. The highest BCUT2D eigenvalue weighted by molar-refractivity contribution is 5.73. The third kappa shape index (κ3) is 5.89. The van der Waals surface area contributed by atoms with Gasteiger partial charge in [0.25, 0.3) is 0 Å². The van der Waals surface area contributed by atoms with Crippen molar-refractivity contribution < 1.29 is 28.2 Å². The number of carbonyl (C=O) groups excluding carboxylic acids is 1. The zero-order valence-electron chi connectivity index (χ0n) is 14.4. The summed E-state index contributed by atoms with van der Waals surface area (Å²) in [6, 6.07) is 9.26. The van der Waals surface area contributed by atoms with Crippen molar-refractivity contribution in [2.45, 2.75) is 32.1 Å². The van der Waals surface area contributed by atoms with Gasteiger partial charge >= 0.3 is 11.9 Å². The number of carboxylic acid groups (broad SMARTS) is 1. The molecule has 1 N–H and O–H groups in total. The van der Waals surface area contributed by atoms with E-state index in [9.17, 15) is 18.4 Å². The Kier molecular flexibility index (Phi) is 7.00. The fourth-order valence-corrected chi connectivity index (χ4v) is 2.47. The van der Waals surface area contributed by atoms with E-state index in [1.54, 1.807) is 6.07 Å². The van der Waals surface area contributed by atoms with Crippen LogP contribution in [0.1, 0.15) is 37.7 Å². The van der Waals surface area contributed by atoms with Crippen LogP contribution >= 0.6 is 0 Å². The van der Waals surface area contributed by atoms with Crippen molar-refractivity contribution in [3.8, 4) is 22.9 Å². The fourth-order valence-electron chi connectivity index (χ4n) is 2.47. The minimum atomic E-state index is -0.879. The molecule has 0 saturated carbocycles. The van der Waals surface area contributed by atoms with Gasteiger partial charge in [0, 0.05) is 24.5 Å². The Hall–Kier alpha value is -3.27. The Bertz CT molecular complexity index is 890. The molecule has 0 saturated heterocycles. The second-order valence-corrected chi connectivity index (χ2v) is 5.88. The summed E-state index contributed by atoms with van der Waals surface area (Å²) in [6.07, 6.45) is 1.70. The molecule has 0 aliphatic carbocycles. The van der Waals surface area contributed by atoms with Crippen LogP contribution in [0, 0.1) is 23.0 Å². The summed E-state index contributed by atoms with van der Waals surface area (Å²) < 4.78 is 33.0. The first-order chi connectivity index (χ1) is 12.9. The number of carboxylic acids is 1. The van der Waals surface area contributed by atoms with Gasteiger partial charge in [-0.15, -0.1) is 0 Å². The van der Waals surface area contributed by atoms with E-state index in [-0.39, 0.29) is 35.3 Å². The Morgan fingerprint density at radius 2 is 1.74 bits per heavy atom. The average molecular weight is 373 g/mol. The lowest BCUT2D eigenvalue weighted by Crippen LogP contribution is -2.08. The molecule has 27 heavy (non-hydrogen) atoms. The number of benzene rings is 2. The molecular formula is C20H17F2NO4. The van der Waals surface area contributed by atoms with Gasteiger partial charge in [-0.25, -0.2) is 8.78 Å². The van der Waals surface area contributed by atoms with Crippen molar-refractivity contribution in [1.82, 2.24) is 0 Å². The highest BCUT2D eigenvalue weighted by Gasteiger charge is 2.12. The number of carbonyl (C=O) groups is 2. The third-order valence-electron chi connectivity index (χ3n) is 3.84. The molecule has 2 aromatic rings. The summed E-state index contributed by atoms with van der Waals surface area (Å²) in [6.45, 7) is 0. The van der Waals surface area contributed by atoms with Crippen LogP contribution in [0.2, 0.25) is 0 Å². The summed E-state index contributed by atoms with van der Waals surface area (Å²) in [5.74, 6) is -2.82. The van der Waals surface area contributed by atoms with Crippen LogP contribution in [0.5, 0.6) is 5.75 Å². The Morgan fingerprint density at radius 3 is 2.37 bits per heavy atom. The van der Waals surface area contributed by atoms with Crippen LogP contribution in [-0.4, -0.2) is 17.0 Å². The smallest absolute Gasteiger partial charge is 0.311 e. The predicted molar refractivity (Wildman–Crippen MR) is 92.9 cm³/mol. The highest BCUT2D eigenvalue weighted by atomic mass is 19.1. The highest BCUT2D eigenvalue weighted by Crippen LogP contribution is 2.28. The molecule has 5 nitrogen and oxygen atoms in total. The maximum atomic E-state index is 14.3. The van der Waals surface area contributed by atoms with Gasteiger partial charge in [-0.2, -0.15) is 5.26 Å². The van der Waals surface area contributed by atoms with Crippen molar-refractivity contribution in [3.63, 3.8) is 0 Å². The number of esters is 1. The van der Waals surface area contributed by atoms with Crippen molar-refractivity contribution in [2.75, 3.05) is 0 Å². The predicted octanol–water partition coefficient (Wildman–Crippen LogP) is 4.44. The lowest BCUT2D eigenvalue weighted by molar-refractivity contribution is -0.137. The number of aliphatic carboxylic acids is 1. The average Bonchev–Trinajstić information content (AvgIpc) is 2.61. The van der Waals surface area contributed by atoms with Gasteiger partial charge in [0.2, 0.25) is 0 Å². The van der Waals surface area contributed by atoms with E-state index in [1.807, 2.05) is 0 Å². The zero-order valence-corrected chi connectivity index (χ0v) is 14.4. The maximum Gasteiger partial charge on any atom is 0.311 e. The summed E-state index contributed by atoms with van der Waals surface area (Å²) in [4.78, 5) is 22.1. The summed E-state index contributed by atoms with van der Waals surface area (Å²) in [7, 11) is 0. The second-order valence-electron chi connectivity index (χ2n) is 5.88. The first kappa shape index (κ1) is 20.0. The van der Waals surface area contributed by atoms with E-state index < -0.39 is 23.6 Å². The fraction of sp³-hybridized carbons (Fsp3) is 0.250. The molecule has 0 bridgehead atoms. The maximum absolute atomic E-state index is 14.3. The minimum Gasteiger partial charge on any atom is -0.481 e. The van der Waals surface area contributed by atoms with Crippen LogP contribution in [0.25, 0.3) is 11.1 Å². The molecule has 0 amide bonds.